The first-order chi connectivity index (χ1) is 8.54. The van der Waals surface area contributed by atoms with Gasteiger partial charge in [-0.3, -0.25) is 4.90 Å². The van der Waals surface area contributed by atoms with E-state index in [0.29, 0.717) is 19.2 Å². The summed E-state index contributed by atoms with van der Waals surface area (Å²) in [5.41, 5.74) is 6.96. The molecule has 0 aliphatic carbocycles. The fraction of sp³-hybridized carbons (Fsp3) is 0.571. The van der Waals surface area contributed by atoms with Crippen LogP contribution in [0.4, 0.5) is 4.39 Å². The second-order valence-electron chi connectivity index (χ2n) is 4.74. The highest BCUT2D eigenvalue weighted by atomic mass is 19.1. The lowest BCUT2D eigenvalue weighted by atomic mass is 10.1. The number of ether oxygens (including phenoxy) is 1. The van der Waals surface area contributed by atoms with E-state index in [9.17, 15) is 4.39 Å². The van der Waals surface area contributed by atoms with Crippen molar-refractivity contribution in [1.82, 2.24) is 4.90 Å². The van der Waals surface area contributed by atoms with E-state index in [1.807, 2.05) is 6.07 Å². The third-order valence-electron chi connectivity index (χ3n) is 3.02. The maximum atomic E-state index is 13.1. The van der Waals surface area contributed by atoms with Gasteiger partial charge in [0.2, 0.25) is 0 Å². The smallest absolute Gasteiger partial charge is 0.123 e. The van der Waals surface area contributed by atoms with E-state index in [0.717, 1.165) is 12.1 Å². The average molecular weight is 254 g/mol. The molecule has 18 heavy (non-hydrogen) atoms. The van der Waals surface area contributed by atoms with Gasteiger partial charge < -0.3 is 10.5 Å². The van der Waals surface area contributed by atoms with Crippen LogP contribution >= 0.6 is 0 Å². The monoisotopic (exact) mass is 254 g/mol. The molecule has 0 radical (unpaired) electrons. The highest BCUT2D eigenvalue weighted by Crippen LogP contribution is 2.14. The van der Waals surface area contributed by atoms with E-state index in [1.54, 1.807) is 13.2 Å². The molecule has 0 fully saturated rings. The van der Waals surface area contributed by atoms with Gasteiger partial charge in [0.15, 0.2) is 0 Å². The molecule has 0 amide bonds. The molecule has 1 rings (SSSR count). The van der Waals surface area contributed by atoms with E-state index in [-0.39, 0.29) is 11.9 Å². The van der Waals surface area contributed by atoms with Crippen molar-refractivity contribution in [2.75, 3.05) is 26.8 Å². The van der Waals surface area contributed by atoms with Crippen molar-refractivity contribution in [3.8, 4) is 0 Å². The third-order valence-corrected chi connectivity index (χ3v) is 3.02. The van der Waals surface area contributed by atoms with Gasteiger partial charge in [-0.15, -0.1) is 0 Å². The fourth-order valence-electron chi connectivity index (χ4n) is 1.86. The van der Waals surface area contributed by atoms with Crippen molar-refractivity contribution in [3.63, 3.8) is 0 Å². The van der Waals surface area contributed by atoms with Gasteiger partial charge in [-0.2, -0.15) is 0 Å². The summed E-state index contributed by atoms with van der Waals surface area (Å²) in [5, 5.41) is 0. The van der Waals surface area contributed by atoms with Gasteiger partial charge in [0.1, 0.15) is 5.82 Å². The Hall–Kier alpha value is -0.970. The van der Waals surface area contributed by atoms with Crippen molar-refractivity contribution < 1.29 is 9.13 Å². The Labute approximate surface area is 109 Å². The van der Waals surface area contributed by atoms with Gasteiger partial charge in [-0.05, 0) is 31.5 Å². The number of hydrogen-bond donors (Lipinski definition) is 1. The minimum absolute atomic E-state index is 0.181. The summed E-state index contributed by atoms with van der Waals surface area (Å²) >= 11 is 0. The number of nitrogens with zero attached hydrogens (tertiary/aromatic N) is 1. The van der Waals surface area contributed by atoms with Crippen LogP contribution in [-0.2, 0) is 4.74 Å². The van der Waals surface area contributed by atoms with Gasteiger partial charge >= 0.3 is 0 Å². The van der Waals surface area contributed by atoms with Crippen molar-refractivity contribution in [3.05, 3.63) is 35.6 Å². The number of benzene rings is 1. The molecule has 1 unspecified atom stereocenters. The number of hydrogen-bond acceptors (Lipinski definition) is 3. The summed E-state index contributed by atoms with van der Waals surface area (Å²) in [7, 11) is 1.69. The average Bonchev–Trinajstić information content (AvgIpc) is 2.33. The lowest BCUT2D eigenvalue weighted by Crippen LogP contribution is -2.39. The Kier molecular flexibility index (Phi) is 6.25. The molecule has 0 aromatic heterocycles. The zero-order chi connectivity index (χ0) is 13.5. The fourth-order valence-corrected chi connectivity index (χ4v) is 1.86. The lowest BCUT2D eigenvalue weighted by molar-refractivity contribution is 0.125. The van der Waals surface area contributed by atoms with Crippen LogP contribution in [0, 0.1) is 5.82 Å². The van der Waals surface area contributed by atoms with E-state index in [2.05, 4.69) is 18.7 Å². The molecule has 3 nitrogen and oxygen atoms in total. The van der Waals surface area contributed by atoms with Gasteiger partial charge in [-0.25, -0.2) is 4.39 Å². The largest absolute Gasteiger partial charge is 0.383 e. The Morgan fingerprint density at radius 1 is 1.39 bits per heavy atom. The molecule has 0 heterocycles. The van der Waals surface area contributed by atoms with E-state index < -0.39 is 0 Å². The second kappa shape index (κ2) is 7.46. The predicted molar refractivity (Wildman–Crippen MR) is 71.9 cm³/mol. The van der Waals surface area contributed by atoms with E-state index >= 15 is 0 Å². The van der Waals surface area contributed by atoms with Crippen LogP contribution in [0.5, 0.6) is 0 Å². The number of methoxy groups -OCH3 is 1. The van der Waals surface area contributed by atoms with Gasteiger partial charge in [0, 0.05) is 32.3 Å². The van der Waals surface area contributed by atoms with E-state index in [1.165, 1.54) is 12.1 Å². The van der Waals surface area contributed by atoms with Crippen molar-refractivity contribution >= 4 is 0 Å². The predicted octanol–water partition coefficient (Wildman–Crippen LogP) is 2.18. The lowest BCUT2D eigenvalue weighted by Gasteiger charge is -2.29. The molecule has 0 saturated carbocycles. The van der Waals surface area contributed by atoms with Crippen LogP contribution in [0.2, 0.25) is 0 Å². The van der Waals surface area contributed by atoms with Crippen LogP contribution in [0.25, 0.3) is 0 Å². The molecule has 0 saturated heterocycles. The Balaban J connectivity index is 2.63. The number of nitrogens with two attached hydrogens (primary N) is 1. The maximum Gasteiger partial charge on any atom is 0.123 e. The van der Waals surface area contributed by atoms with Crippen LogP contribution in [0.15, 0.2) is 24.3 Å². The van der Waals surface area contributed by atoms with Crippen LogP contribution in [0.3, 0.4) is 0 Å². The molecule has 102 valence electrons. The van der Waals surface area contributed by atoms with E-state index in [4.69, 9.17) is 10.5 Å². The maximum absolute atomic E-state index is 13.1. The van der Waals surface area contributed by atoms with Crippen molar-refractivity contribution in [2.45, 2.75) is 25.9 Å². The molecule has 4 heteroatoms. The quantitative estimate of drug-likeness (QED) is 0.810. The number of halogens is 1. The molecule has 1 aromatic carbocycles. The Bertz CT molecular complexity index is 357. The Morgan fingerprint density at radius 3 is 2.67 bits per heavy atom. The minimum atomic E-state index is -0.240. The number of rotatable bonds is 7. The van der Waals surface area contributed by atoms with Gasteiger partial charge in [0.25, 0.3) is 0 Å². The SMILES string of the molecule is COCCN(CC(N)c1cccc(F)c1)C(C)C. The summed E-state index contributed by atoms with van der Waals surface area (Å²) in [5.74, 6) is -0.240. The van der Waals surface area contributed by atoms with Crippen molar-refractivity contribution in [2.24, 2.45) is 5.73 Å². The first-order valence-corrected chi connectivity index (χ1v) is 6.28. The summed E-state index contributed by atoms with van der Waals surface area (Å²) in [6, 6.07) is 6.70. The van der Waals surface area contributed by atoms with Crippen LogP contribution in [0.1, 0.15) is 25.5 Å². The topological polar surface area (TPSA) is 38.5 Å². The first kappa shape index (κ1) is 15.1. The Morgan fingerprint density at radius 2 is 2.11 bits per heavy atom. The standard InChI is InChI=1S/C14H23FN2O/c1-11(2)17(7-8-18-3)10-14(16)12-5-4-6-13(15)9-12/h4-6,9,11,14H,7-8,10,16H2,1-3H3. The zero-order valence-corrected chi connectivity index (χ0v) is 11.4. The van der Waals surface area contributed by atoms with Gasteiger partial charge in [0.05, 0.1) is 6.61 Å². The summed E-state index contributed by atoms with van der Waals surface area (Å²) in [6.07, 6.45) is 0. The highest BCUT2D eigenvalue weighted by molar-refractivity contribution is 5.20. The molecule has 2 N–H and O–H groups in total. The normalized spacial score (nSPS) is 13.3. The summed E-state index contributed by atoms with van der Waals surface area (Å²) in [6.45, 7) is 6.44. The minimum Gasteiger partial charge on any atom is -0.383 e. The molecule has 0 aliphatic rings. The highest BCUT2D eigenvalue weighted by Gasteiger charge is 2.15. The molecular weight excluding hydrogens is 231 g/mol. The molecule has 1 atom stereocenters. The van der Waals surface area contributed by atoms with Gasteiger partial charge in [-0.1, -0.05) is 12.1 Å². The first-order valence-electron chi connectivity index (χ1n) is 6.28. The third kappa shape index (κ3) is 4.72. The summed E-state index contributed by atoms with van der Waals surface area (Å²) in [4.78, 5) is 2.24. The molecule has 0 spiro atoms. The molecular formula is C14H23FN2O. The molecule has 1 aromatic rings. The molecule has 0 bridgehead atoms. The second-order valence-corrected chi connectivity index (χ2v) is 4.74. The summed E-state index contributed by atoms with van der Waals surface area (Å²) < 4.78 is 18.2. The van der Waals surface area contributed by atoms with Crippen LogP contribution < -0.4 is 5.73 Å². The zero-order valence-electron chi connectivity index (χ0n) is 11.4. The van der Waals surface area contributed by atoms with Crippen molar-refractivity contribution in [1.29, 1.82) is 0 Å². The molecule has 0 aliphatic heterocycles. The van der Waals surface area contributed by atoms with Crippen LogP contribution in [-0.4, -0.2) is 37.7 Å².